The topological polar surface area (TPSA) is 88.4 Å². The number of ether oxygens (including phenoxy) is 2. The summed E-state index contributed by atoms with van der Waals surface area (Å²) in [6.07, 6.45) is 1.72. The molecule has 1 N–H and O–H groups in total. The van der Waals surface area contributed by atoms with Crippen LogP contribution in [0.2, 0.25) is 5.02 Å². The summed E-state index contributed by atoms with van der Waals surface area (Å²) in [5.41, 5.74) is 2.41. The molecule has 0 radical (unpaired) electrons. The average Bonchev–Trinajstić information content (AvgIpc) is 3.19. The van der Waals surface area contributed by atoms with Crippen LogP contribution in [0.15, 0.2) is 88.8 Å². The van der Waals surface area contributed by atoms with Crippen molar-refractivity contribution in [2.75, 3.05) is 14.2 Å². The first-order valence-corrected chi connectivity index (χ1v) is 13.1. The Morgan fingerprint density at radius 3 is 2.56 bits per heavy atom. The summed E-state index contributed by atoms with van der Waals surface area (Å²) in [6, 6.07) is 23.8. The molecule has 4 aromatic carbocycles. The number of rotatable bonds is 7. The third-order valence-corrected chi connectivity index (χ3v) is 7.48. The summed E-state index contributed by atoms with van der Waals surface area (Å²) < 4.78 is 11.7. The highest BCUT2D eigenvalue weighted by Gasteiger charge is 2.30. The van der Waals surface area contributed by atoms with E-state index in [1.165, 1.54) is 35.9 Å². The molecule has 1 heterocycles. The van der Waals surface area contributed by atoms with Gasteiger partial charge in [-0.05, 0) is 76.1 Å². The number of aliphatic imine (C=N–C) groups is 1. The molecular formula is C30H23ClN2O5S. The number of methoxy groups -OCH3 is 1. The third kappa shape index (κ3) is 5.62. The van der Waals surface area contributed by atoms with E-state index in [9.17, 15) is 9.59 Å². The van der Waals surface area contributed by atoms with Crippen LogP contribution in [0.4, 0.5) is 5.69 Å². The van der Waals surface area contributed by atoms with Crippen molar-refractivity contribution in [3.8, 4) is 11.5 Å². The highest BCUT2D eigenvalue weighted by Crippen LogP contribution is 2.40. The van der Waals surface area contributed by atoms with Gasteiger partial charge in [-0.25, -0.2) is 9.79 Å². The Hall–Kier alpha value is -4.27. The molecule has 5 rings (SSSR count). The molecule has 39 heavy (non-hydrogen) atoms. The van der Waals surface area contributed by atoms with E-state index in [-0.39, 0.29) is 11.5 Å². The number of carbonyl (C=O) groups is 2. The summed E-state index contributed by atoms with van der Waals surface area (Å²) in [5.74, 6) is -0.358. The van der Waals surface area contributed by atoms with Crippen molar-refractivity contribution < 1.29 is 24.2 Å². The third-order valence-electron chi connectivity index (χ3n) is 6.14. The van der Waals surface area contributed by atoms with Crippen LogP contribution in [0.1, 0.15) is 21.5 Å². The van der Waals surface area contributed by atoms with Crippen LogP contribution in [0.5, 0.6) is 11.5 Å². The SMILES string of the molecule is COc1cc(/C=C2\SC(=Nc3ccc(C(=O)O)cc3)N(C)C2=O)cc(Cl)c1OCc1cccc2ccccc12. The van der Waals surface area contributed by atoms with Crippen molar-refractivity contribution in [3.63, 3.8) is 0 Å². The largest absolute Gasteiger partial charge is 0.493 e. The minimum absolute atomic E-state index is 0.165. The quantitative estimate of drug-likeness (QED) is 0.245. The molecule has 4 aromatic rings. The molecule has 0 bridgehead atoms. The summed E-state index contributed by atoms with van der Waals surface area (Å²) >= 11 is 7.83. The van der Waals surface area contributed by atoms with Gasteiger partial charge in [0.2, 0.25) is 0 Å². The predicted molar refractivity (Wildman–Crippen MR) is 155 cm³/mol. The molecule has 9 heteroatoms. The molecule has 0 aromatic heterocycles. The van der Waals surface area contributed by atoms with E-state index in [4.69, 9.17) is 26.2 Å². The van der Waals surface area contributed by atoms with Gasteiger partial charge in [-0.15, -0.1) is 0 Å². The minimum atomic E-state index is -1.01. The number of amidine groups is 1. The van der Waals surface area contributed by atoms with Gasteiger partial charge in [-0.3, -0.25) is 9.69 Å². The van der Waals surface area contributed by atoms with E-state index in [0.717, 1.165) is 16.3 Å². The van der Waals surface area contributed by atoms with Gasteiger partial charge in [0.1, 0.15) is 6.61 Å². The number of carboxylic acid groups (broad SMARTS) is 1. The van der Waals surface area contributed by atoms with Crippen LogP contribution >= 0.6 is 23.4 Å². The van der Waals surface area contributed by atoms with Crippen LogP contribution in [-0.2, 0) is 11.4 Å². The number of nitrogens with zero attached hydrogens (tertiary/aromatic N) is 2. The minimum Gasteiger partial charge on any atom is -0.493 e. The summed E-state index contributed by atoms with van der Waals surface area (Å²) in [5, 5.41) is 12.1. The van der Waals surface area contributed by atoms with Crippen LogP contribution in [0, 0.1) is 0 Å². The van der Waals surface area contributed by atoms with Gasteiger partial charge in [0.15, 0.2) is 16.7 Å². The first kappa shape index (κ1) is 26.3. The maximum Gasteiger partial charge on any atom is 0.335 e. The average molecular weight is 559 g/mol. The van der Waals surface area contributed by atoms with E-state index in [1.807, 2.05) is 24.3 Å². The fourth-order valence-corrected chi connectivity index (χ4v) is 5.38. The van der Waals surface area contributed by atoms with Crippen molar-refractivity contribution in [1.82, 2.24) is 4.90 Å². The van der Waals surface area contributed by atoms with Gasteiger partial charge in [-0.2, -0.15) is 0 Å². The second-order valence-electron chi connectivity index (χ2n) is 8.68. The molecule has 0 atom stereocenters. The number of halogens is 1. The van der Waals surface area contributed by atoms with Crippen LogP contribution < -0.4 is 9.47 Å². The number of hydrogen-bond donors (Lipinski definition) is 1. The number of likely N-dealkylation sites (N-methyl/N-ethyl adjacent to an activating group) is 1. The first-order valence-electron chi connectivity index (χ1n) is 11.9. The van der Waals surface area contributed by atoms with E-state index in [0.29, 0.717) is 44.5 Å². The second-order valence-corrected chi connectivity index (χ2v) is 10.1. The number of thioether (sulfide) groups is 1. The van der Waals surface area contributed by atoms with Crippen molar-refractivity contribution in [1.29, 1.82) is 0 Å². The Morgan fingerprint density at radius 1 is 1.08 bits per heavy atom. The second kappa shape index (κ2) is 11.2. The summed E-state index contributed by atoms with van der Waals surface area (Å²) in [4.78, 5) is 30.4. The van der Waals surface area contributed by atoms with Crippen LogP contribution in [0.3, 0.4) is 0 Å². The Balaban J connectivity index is 1.37. The number of carbonyl (C=O) groups excluding carboxylic acids is 1. The van der Waals surface area contributed by atoms with Crippen LogP contribution in [-0.4, -0.2) is 41.2 Å². The molecule has 0 unspecified atom stereocenters. The molecule has 0 spiro atoms. The fraction of sp³-hybridized carbons (Fsp3) is 0.100. The fourth-order valence-electron chi connectivity index (χ4n) is 4.12. The highest BCUT2D eigenvalue weighted by molar-refractivity contribution is 8.18. The Bertz CT molecular complexity index is 1640. The van der Waals surface area contributed by atoms with Gasteiger partial charge in [0.05, 0.1) is 28.3 Å². The molecule has 7 nitrogen and oxygen atoms in total. The molecule has 1 aliphatic rings. The molecule has 1 aliphatic heterocycles. The predicted octanol–water partition coefficient (Wildman–Crippen LogP) is 7.01. The lowest BCUT2D eigenvalue weighted by atomic mass is 10.1. The van der Waals surface area contributed by atoms with Crippen molar-refractivity contribution in [2.45, 2.75) is 6.61 Å². The Labute approximate surface area is 234 Å². The van der Waals surface area contributed by atoms with Crippen molar-refractivity contribution in [2.24, 2.45) is 4.99 Å². The van der Waals surface area contributed by atoms with E-state index in [2.05, 4.69) is 23.2 Å². The molecule has 1 amide bonds. The maximum absolute atomic E-state index is 12.9. The number of carboxylic acids is 1. The van der Waals surface area contributed by atoms with Gasteiger partial charge >= 0.3 is 5.97 Å². The zero-order valence-electron chi connectivity index (χ0n) is 21.1. The van der Waals surface area contributed by atoms with E-state index in [1.54, 1.807) is 37.4 Å². The molecule has 0 aliphatic carbocycles. The van der Waals surface area contributed by atoms with Gasteiger partial charge < -0.3 is 14.6 Å². The van der Waals surface area contributed by atoms with Crippen molar-refractivity contribution >= 4 is 62.9 Å². The lowest BCUT2D eigenvalue weighted by Gasteiger charge is -2.14. The Kier molecular flexibility index (Phi) is 7.58. The van der Waals surface area contributed by atoms with E-state index >= 15 is 0 Å². The molecular weight excluding hydrogens is 536 g/mol. The standard InChI is InChI=1S/C30H23ClN2O5S/c1-33-28(34)26(39-30(33)32-22-12-10-20(11-13-22)29(35)36)16-18-14-24(31)27(25(15-18)37-2)38-17-21-8-5-7-19-6-3-4-9-23(19)21/h3-16H,17H2,1-2H3,(H,35,36)/b26-16-,32-30?. The number of aromatic carboxylic acids is 1. The molecule has 0 saturated carbocycles. The number of benzene rings is 4. The lowest BCUT2D eigenvalue weighted by Crippen LogP contribution is -2.23. The normalized spacial score (nSPS) is 15.4. The summed E-state index contributed by atoms with van der Waals surface area (Å²) in [7, 11) is 3.18. The molecule has 1 saturated heterocycles. The summed E-state index contributed by atoms with van der Waals surface area (Å²) in [6.45, 7) is 0.310. The lowest BCUT2D eigenvalue weighted by molar-refractivity contribution is -0.121. The Morgan fingerprint density at radius 2 is 1.82 bits per heavy atom. The number of fused-ring (bicyclic) bond motifs is 1. The zero-order valence-corrected chi connectivity index (χ0v) is 22.6. The monoisotopic (exact) mass is 558 g/mol. The highest BCUT2D eigenvalue weighted by atomic mass is 35.5. The van der Waals surface area contributed by atoms with Gasteiger partial charge in [0.25, 0.3) is 5.91 Å². The van der Waals surface area contributed by atoms with Gasteiger partial charge in [-0.1, -0.05) is 54.1 Å². The van der Waals surface area contributed by atoms with Crippen molar-refractivity contribution in [3.05, 3.63) is 105 Å². The zero-order chi connectivity index (χ0) is 27.5. The molecule has 1 fully saturated rings. The first-order chi connectivity index (χ1) is 18.8. The molecule has 196 valence electrons. The maximum atomic E-state index is 12.9. The van der Waals surface area contributed by atoms with E-state index < -0.39 is 5.97 Å². The smallest absolute Gasteiger partial charge is 0.335 e. The van der Waals surface area contributed by atoms with Crippen LogP contribution in [0.25, 0.3) is 16.8 Å². The van der Waals surface area contributed by atoms with Gasteiger partial charge in [0, 0.05) is 7.05 Å². The number of hydrogen-bond acceptors (Lipinski definition) is 6. The number of amides is 1.